The van der Waals surface area contributed by atoms with Crippen LogP contribution in [0.15, 0.2) is 29.2 Å². The number of benzene rings is 1. The Morgan fingerprint density at radius 1 is 1.42 bits per heavy atom. The van der Waals surface area contributed by atoms with Crippen LogP contribution >= 0.6 is 0 Å². The molecule has 66 valence electrons. The highest BCUT2D eigenvalue weighted by atomic mass is 32.2. The monoisotopic (exact) mass is 186 g/mol. The molecule has 0 radical (unpaired) electrons. The third-order valence-electron chi connectivity index (χ3n) is 1.41. The second kappa shape index (κ2) is 3.12. The average Bonchev–Trinajstić information content (AvgIpc) is 2.03. The van der Waals surface area contributed by atoms with Crippen LogP contribution in [0.2, 0.25) is 0 Å². The highest BCUT2D eigenvalue weighted by Gasteiger charge is 2.00. The fourth-order valence-corrected chi connectivity index (χ4v) is 1.32. The van der Waals surface area contributed by atoms with Crippen molar-refractivity contribution < 1.29 is 13.0 Å². The molecular formula is C7H8NO3S-. The smallest absolute Gasteiger partial charge is 0.124 e. The van der Waals surface area contributed by atoms with Gasteiger partial charge in [0.25, 0.3) is 0 Å². The summed E-state index contributed by atoms with van der Waals surface area (Å²) in [5, 5.41) is 2.74. The predicted molar refractivity (Wildman–Crippen MR) is 44.0 cm³/mol. The first-order valence-corrected chi connectivity index (χ1v) is 4.68. The van der Waals surface area contributed by atoms with E-state index in [0.717, 1.165) is 0 Å². The number of hydrogen-bond acceptors (Lipinski definition) is 4. The molecule has 0 aliphatic heterocycles. The molecule has 0 saturated heterocycles. The van der Waals surface area contributed by atoms with Gasteiger partial charge in [-0.15, -0.1) is 0 Å². The first-order chi connectivity index (χ1) is 5.54. The van der Waals surface area contributed by atoms with Crippen molar-refractivity contribution in [3.8, 4) is 0 Å². The topological polar surface area (TPSA) is 69.2 Å². The average molecular weight is 186 g/mol. The third-order valence-corrected chi connectivity index (χ3v) is 2.24. The molecular weight excluding hydrogens is 178 g/mol. The van der Waals surface area contributed by atoms with Gasteiger partial charge in [0.15, 0.2) is 0 Å². The van der Waals surface area contributed by atoms with Crippen LogP contribution in [0.4, 0.5) is 5.69 Å². The SMILES string of the molecule is CNc1cccc(S(=O)(=O)[O-])c1. The van der Waals surface area contributed by atoms with Crippen molar-refractivity contribution >= 4 is 15.8 Å². The van der Waals surface area contributed by atoms with E-state index in [1.807, 2.05) is 0 Å². The van der Waals surface area contributed by atoms with Crippen molar-refractivity contribution in [1.82, 2.24) is 0 Å². The van der Waals surface area contributed by atoms with Crippen LogP contribution in [0.25, 0.3) is 0 Å². The molecule has 1 aromatic rings. The number of rotatable bonds is 2. The number of nitrogens with one attached hydrogen (secondary N) is 1. The van der Waals surface area contributed by atoms with Crippen LogP contribution in [0.1, 0.15) is 0 Å². The van der Waals surface area contributed by atoms with Crippen molar-refractivity contribution in [2.24, 2.45) is 0 Å². The molecule has 0 spiro atoms. The Hall–Kier alpha value is -1.07. The predicted octanol–water partition coefficient (Wildman–Crippen LogP) is 0.632. The Morgan fingerprint density at radius 3 is 2.58 bits per heavy atom. The standard InChI is InChI=1S/C7H9NO3S/c1-8-6-3-2-4-7(5-6)12(9,10)11/h2-5,8H,1H3,(H,9,10,11)/p-1. The normalized spacial score (nSPS) is 11.2. The highest BCUT2D eigenvalue weighted by molar-refractivity contribution is 7.85. The summed E-state index contributed by atoms with van der Waals surface area (Å²) in [7, 11) is -2.68. The molecule has 0 aliphatic carbocycles. The summed E-state index contributed by atoms with van der Waals surface area (Å²) in [5.41, 5.74) is 0.604. The van der Waals surface area contributed by atoms with E-state index in [1.54, 1.807) is 13.1 Å². The van der Waals surface area contributed by atoms with Crippen LogP contribution in [-0.4, -0.2) is 20.0 Å². The lowest BCUT2D eigenvalue weighted by molar-refractivity contribution is 0.463. The molecule has 0 atom stereocenters. The summed E-state index contributed by atoms with van der Waals surface area (Å²) in [5.74, 6) is 0. The molecule has 0 bridgehead atoms. The van der Waals surface area contributed by atoms with E-state index in [9.17, 15) is 13.0 Å². The van der Waals surface area contributed by atoms with Gasteiger partial charge in [0.2, 0.25) is 0 Å². The quantitative estimate of drug-likeness (QED) is 0.688. The van der Waals surface area contributed by atoms with Crippen molar-refractivity contribution in [2.45, 2.75) is 4.90 Å². The second-order valence-corrected chi connectivity index (χ2v) is 3.61. The lowest BCUT2D eigenvalue weighted by atomic mass is 10.3. The zero-order valence-corrected chi connectivity index (χ0v) is 7.26. The second-order valence-electron chi connectivity index (χ2n) is 2.23. The van der Waals surface area contributed by atoms with Gasteiger partial charge in [0.05, 0.1) is 4.90 Å². The Morgan fingerprint density at radius 2 is 2.08 bits per heavy atom. The molecule has 0 heterocycles. The van der Waals surface area contributed by atoms with E-state index in [1.165, 1.54) is 18.2 Å². The fraction of sp³-hybridized carbons (Fsp3) is 0.143. The van der Waals surface area contributed by atoms with Gasteiger partial charge < -0.3 is 9.87 Å². The van der Waals surface area contributed by atoms with Gasteiger partial charge >= 0.3 is 0 Å². The zero-order valence-electron chi connectivity index (χ0n) is 6.44. The molecule has 0 fully saturated rings. The van der Waals surface area contributed by atoms with Crippen molar-refractivity contribution in [3.63, 3.8) is 0 Å². The van der Waals surface area contributed by atoms with Crippen LogP contribution in [0.3, 0.4) is 0 Å². The van der Waals surface area contributed by atoms with Gasteiger partial charge in [-0.2, -0.15) is 0 Å². The Balaban J connectivity index is 3.20. The van der Waals surface area contributed by atoms with Crippen LogP contribution in [-0.2, 0) is 10.1 Å². The minimum Gasteiger partial charge on any atom is -0.744 e. The summed E-state index contributed by atoms with van der Waals surface area (Å²) >= 11 is 0. The lowest BCUT2D eigenvalue weighted by Gasteiger charge is -2.07. The molecule has 5 heteroatoms. The molecule has 4 nitrogen and oxygen atoms in total. The fourth-order valence-electron chi connectivity index (χ4n) is 0.807. The van der Waals surface area contributed by atoms with E-state index in [-0.39, 0.29) is 4.90 Å². The van der Waals surface area contributed by atoms with E-state index in [4.69, 9.17) is 0 Å². The summed E-state index contributed by atoms with van der Waals surface area (Å²) in [4.78, 5) is -0.214. The van der Waals surface area contributed by atoms with Crippen LogP contribution in [0.5, 0.6) is 0 Å². The largest absolute Gasteiger partial charge is 0.744 e. The van der Waals surface area contributed by atoms with E-state index < -0.39 is 10.1 Å². The maximum atomic E-state index is 10.5. The van der Waals surface area contributed by atoms with Crippen LogP contribution in [0, 0.1) is 0 Å². The van der Waals surface area contributed by atoms with E-state index in [0.29, 0.717) is 5.69 Å². The van der Waals surface area contributed by atoms with Gasteiger partial charge in [-0.3, -0.25) is 0 Å². The first-order valence-electron chi connectivity index (χ1n) is 3.28. The summed E-state index contributed by atoms with van der Waals surface area (Å²) < 4.78 is 31.6. The third kappa shape index (κ3) is 1.96. The molecule has 1 N–H and O–H groups in total. The van der Waals surface area contributed by atoms with Crippen LogP contribution < -0.4 is 5.32 Å². The van der Waals surface area contributed by atoms with Gasteiger partial charge in [0.1, 0.15) is 10.1 Å². The summed E-state index contributed by atoms with van der Waals surface area (Å²) in [6.45, 7) is 0. The Labute approximate surface area is 71.0 Å². The van der Waals surface area contributed by atoms with Crippen molar-refractivity contribution in [1.29, 1.82) is 0 Å². The van der Waals surface area contributed by atoms with Gasteiger partial charge in [-0.1, -0.05) is 6.07 Å². The first kappa shape index (κ1) is 9.02. The number of hydrogen-bond donors (Lipinski definition) is 1. The Bertz CT molecular complexity index is 372. The van der Waals surface area contributed by atoms with Gasteiger partial charge in [0, 0.05) is 12.7 Å². The summed E-state index contributed by atoms with van der Waals surface area (Å²) in [6.07, 6.45) is 0. The lowest BCUT2D eigenvalue weighted by Crippen LogP contribution is -1.99. The molecule has 0 amide bonds. The maximum Gasteiger partial charge on any atom is 0.124 e. The van der Waals surface area contributed by atoms with Gasteiger partial charge in [-0.05, 0) is 18.2 Å². The molecule has 12 heavy (non-hydrogen) atoms. The molecule has 1 rings (SSSR count). The molecule has 0 saturated carbocycles. The maximum absolute atomic E-state index is 10.5. The molecule has 0 aliphatic rings. The zero-order chi connectivity index (χ0) is 9.19. The Kier molecular flexibility index (Phi) is 2.35. The summed E-state index contributed by atoms with van der Waals surface area (Å²) in [6, 6.07) is 5.75. The number of anilines is 1. The minimum atomic E-state index is -4.33. The molecule has 0 aromatic heterocycles. The highest BCUT2D eigenvalue weighted by Crippen LogP contribution is 2.13. The van der Waals surface area contributed by atoms with E-state index >= 15 is 0 Å². The molecule has 1 aromatic carbocycles. The van der Waals surface area contributed by atoms with Crippen molar-refractivity contribution in [2.75, 3.05) is 12.4 Å². The molecule has 0 unspecified atom stereocenters. The minimum absolute atomic E-state index is 0.214. The van der Waals surface area contributed by atoms with Gasteiger partial charge in [-0.25, -0.2) is 8.42 Å². The van der Waals surface area contributed by atoms with Crippen molar-refractivity contribution in [3.05, 3.63) is 24.3 Å². The van der Waals surface area contributed by atoms with E-state index in [2.05, 4.69) is 5.32 Å².